The number of benzene rings is 1. The Morgan fingerprint density at radius 3 is 2.88 bits per heavy atom. The number of piperidine rings is 1. The van der Waals surface area contributed by atoms with E-state index in [1.165, 1.54) is 16.0 Å². The summed E-state index contributed by atoms with van der Waals surface area (Å²) in [5, 5.41) is 2.26. The number of likely N-dealkylation sites (N-methyl/N-ethyl adjacent to an activating group) is 1. The topological polar surface area (TPSA) is 26.8 Å². The minimum absolute atomic E-state index is 0.267. The van der Waals surface area contributed by atoms with E-state index in [1.807, 2.05) is 29.4 Å². The second kappa shape index (κ2) is 6.80. The van der Waals surface area contributed by atoms with Crippen molar-refractivity contribution >= 4 is 22.9 Å². The smallest absolute Gasteiger partial charge is 0.238 e. The highest BCUT2D eigenvalue weighted by Gasteiger charge is 2.51. The summed E-state index contributed by atoms with van der Waals surface area (Å²) >= 11 is 1.84. The van der Waals surface area contributed by atoms with Gasteiger partial charge in [0, 0.05) is 37.2 Å². The zero-order valence-electron chi connectivity index (χ0n) is 15.9. The summed E-state index contributed by atoms with van der Waals surface area (Å²) in [7, 11) is 6.12. The Labute approximate surface area is 160 Å². The predicted octanol–water partition coefficient (Wildman–Crippen LogP) is 3.32. The first kappa shape index (κ1) is 17.7. The third kappa shape index (κ3) is 2.98. The van der Waals surface area contributed by atoms with Crippen molar-refractivity contribution < 1.29 is 4.79 Å². The van der Waals surface area contributed by atoms with Crippen molar-refractivity contribution in [3.05, 3.63) is 51.7 Å². The van der Waals surface area contributed by atoms with Gasteiger partial charge in [0.2, 0.25) is 5.91 Å². The van der Waals surface area contributed by atoms with E-state index < -0.39 is 0 Å². The van der Waals surface area contributed by atoms with E-state index in [0.717, 1.165) is 44.7 Å². The summed E-state index contributed by atoms with van der Waals surface area (Å²) in [4.78, 5) is 21.1. The van der Waals surface area contributed by atoms with Crippen LogP contribution in [0.1, 0.15) is 28.8 Å². The molecule has 3 heterocycles. The number of nitrogens with zero attached hydrogens (tertiary/aromatic N) is 3. The molecule has 0 bridgehead atoms. The maximum Gasteiger partial charge on any atom is 0.238 e. The average Bonchev–Trinajstić information content (AvgIpc) is 3.13. The predicted molar refractivity (Wildman–Crippen MR) is 108 cm³/mol. The first-order chi connectivity index (χ1) is 12.5. The fraction of sp³-hybridized carbons (Fsp3) is 0.476. The highest BCUT2D eigenvalue weighted by molar-refractivity contribution is 7.10. The van der Waals surface area contributed by atoms with Crippen LogP contribution in [-0.4, -0.2) is 49.9 Å². The molecule has 2 aromatic rings. The molecule has 0 saturated carbocycles. The Morgan fingerprint density at radius 2 is 2.08 bits per heavy atom. The van der Waals surface area contributed by atoms with Gasteiger partial charge in [-0.15, -0.1) is 11.3 Å². The van der Waals surface area contributed by atoms with Crippen molar-refractivity contribution in [1.82, 2.24) is 9.80 Å². The van der Waals surface area contributed by atoms with E-state index in [-0.39, 0.29) is 11.3 Å². The fourth-order valence-corrected chi connectivity index (χ4v) is 5.49. The maximum atomic E-state index is 13.2. The molecular formula is C21H27N3OS. The van der Waals surface area contributed by atoms with Gasteiger partial charge in [-0.1, -0.05) is 18.2 Å². The third-order valence-corrected chi connectivity index (χ3v) is 6.62. The number of amides is 1. The van der Waals surface area contributed by atoms with Gasteiger partial charge in [0.25, 0.3) is 0 Å². The van der Waals surface area contributed by atoms with E-state index in [0.29, 0.717) is 0 Å². The summed E-state index contributed by atoms with van der Waals surface area (Å²) < 4.78 is 0. The molecule has 1 atom stereocenters. The normalized spacial score (nSPS) is 23.2. The summed E-state index contributed by atoms with van der Waals surface area (Å²) in [5.74, 6) is 0.267. The molecule has 2 aliphatic heterocycles. The second-order valence-corrected chi connectivity index (χ2v) is 8.93. The Hall–Kier alpha value is -1.69. The van der Waals surface area contributed by atoms with E-state index in [4.69, 9.17) is 0 Å². The minimum Gasteiger partial charge on any atom is -0.314 e. The van der Waals surface area contributed by atoms with Crippen LogP contribution >= 0.6 is 11.3 Å². The number of carbonyl (C=O) groups excluding carboxylic acids is 1. The lowest BCUT2D eigenvalue weighted by Crippen LogP contribution is -2.51. The molecule has 1 unspecified atom stereocenters. The molecule has 1 aromatic carbocycles. The monoisotopic (exact) mass is 369 g/mol. The van der Waals surface area contributed by atoms with Crippen molar-refractivity contribution in [2.75, 3.05) is 39.1 Å². The Balaban J connectivity index is 1.55. The number of hydrogen-bond donors (Lipinski definition) is 0. The second-order valence-electron chi connectivity index (χ2n) is 7.94. The van der Waals surface area contributed by atoms with E-state index >= 15 is 0 Å². The Bertz CT molecular complexity index is 815. The first-order valence-electron chi connectivity index (χ1n) is 9.31. The molecular weight excluding hydrogens is 342 g/mol. The zero-order chi connectivity index (χ0) is 18.3. The molecule has 0 radical (unpaired) electrons. The van der Waals surface area contributed by atoms with Gasteiger partial charge in [0.05, 0.1) is 5.41 Å². The molecule has 1 saturated heterocycles. The summed E-state index contributed by atoms with van der Waals surface area (Å²) in [5.41, 5.74) is 3.33. The van der Waals surface area contributed by atoms with Crippen LogP contribution in [0.3, 0.4) is 0 Å². The van der Waals surface area contributed by atoms with Gasteiger partial charge in [0.15, 0.2) is 0 Å². The third-order valence-electron chi connectivity index (χ3n) is 5.65. The van der Waals surface area contributed by atoms with Gasteiger partial charge in [-0.25, -0.2) is 0 Å². The van der Waals surface area contributed by atoms with E-state index in [2.05, 4.69) is 53.5 Å². The van der Waals surface area contributed by atoms with Crippen LogP contribution in [0.15, 0.2) is 35.7 Å². The summed E-state index contributed by atoms with van der Waals surface area (Å²) in [6, 6.07) is 10.6. The number of hydrogen-bond acceptors (Lipinski definition) is 4. The van der Waals surface area contributed by atoms with Gasteiger partial charge in [-0.05, 0) is 62.1 Å². The number of carbonyl (C=O) groups is 1. The maximum absolute atomic E-state index is 13.2. The number of fused-ring (bicyclic) bond motifs is 2. The highest BCUT2D eigenvalue weighted by Crippen LogP contribution is 2.46. The van der Waals surface area contributed by atoms with Gasteiger partial charge < -0.3 is 9.80 Å². The molecule has 1 aromatic heterocycles. The average molecular weight is 370 g/mol. The number of rotatable bonds is 4. The standard InChI is InChI=1S/C21H27N3OS/c1-22(2)12-16-11-17(26-14-16)13-24-10-6-9-21(15-24)18-7-4-5-8-19(18)23(3)20(21)25/h4-5,7-8,11,14H,6,9-10,12-13,15H2,1-3H3. The number of anilines is 1. The lowest BCUT2D eigenvalue weighted by molar-refractivity contribution is -0.125. The molecule has 0 aliphatic carbocycles. The molecule has 2 aliphatic rings. The fourth-order valence-electron chi connectivity index (χ4n) is 4.57. The quantitative estimate of drug-likeness (QED) is 0.827. The van der Waals surface area contributed by atoms with E-state index in [1.54, 1.807) is 0 Å². The van der Waals surface area contributed by atoms with Crippen molar-refractivity contribution in [3.63, 3.8) is 0 Å². The SMILES string of the molecule is CN(C)Cc1csc(CN2CCCC3(C2)C(=O)N(C)c2ccccc23)c1. The highest BCUT2D eigenvalue weighted by atomic mass is 32.1. The summed E-state index contributed by atoms with van der Waals surface area (Å²) in [6.07, 6.45) is 2.03. The Kier molecular flexibility index (Phi) is 4.63. The van der Waals surface area contributed by atoms with Crippen LogP contribution in [0.25, 0.3) is 0 Å². The van der Waals surface area contributed by atoms with E-state index in [9.17, 15) is 4.79 Å². The molecule has 26 heavy (non-hydrogen) atoms. The molecule has 0 N–H and O–H groups in total. The van der Waals surface area contributed by atoms with Crippen molar-refractivity contribution in [3.8, 4) is 0 Å². The first-order valence-corrected chi connectivity index (χ1v) is 10.2. The van der Waals surface area contributed by atoms with Crippen molar-refractivity contribution in [2.45, 2.75) is 31.3 Å². The van der Waals surface area contributed by atoms with Gasteiger partial charge >= 0.3 is 0 Å². The van der Waals surface area contributed by atoms with Crippen LogP contribution < -0.4 is 4.90 Å². The lowest BCUT2D eigenvalue weighted by Gasteiger charge is -2.39. The largest absolute Gasteiger partial charge is 0.314 e. The molecule has 4 rings (SSSR count). The molecule has 1 fully saturated rings. The van der Waals surface area contributed by atoms with Gasteiger partial charge in [0.1, 0.15) is 0 Å². The molecule has 1 spiro atoms. The van der Waals surface area contributed by atoms with Crippen LogP contribution in [0, 0.1) is 0 Å². The molecule has 1 amide bonds. The van der Waals surface area contributed by atoms with Crippen molar-refractivity contribution in [1.29, 1.82) is 0 Å². The number of para-hydroxylation sites is 1. The zero-order valence-corrected chi connectivity index (χ0v) is 16.7. The van der Waals surface area contributed by atoms with Crippen LogP contribution in [0.4, 0.5) is 5.69 Å². The summed E-state index contributed by atoms with van der Waals surface area (Å²) in [6.45, 7) is 3.83. The van der Waals surface area contributed by atoms with Gasteiger partial charge in [-0.3, -0.25) is 9.69 Å². The van der Waals surface area contributed by atoms with Crippen LogP contribution in [0.5, 0.6) is 0 Å². The molecule has 5 heteroatoms. The van der Waals surface area contributed by atoms with Crippen molar-refractivity contribution in [2.24, 2.45) is 0 Å². The van der Waals surface area contributed by atoms with Crippen LogP contribution in [0.2, 0.25) is 0 Å². The number of thiophene rings is 1. The van der Waals surface area contributed by atoms with Gasteiger partial charge in [-0.2, -0.15) is 0 Å². The minimum atomic E-state index is -0.354. The molecule has 138 valence electrons. The van der Waals surface area contributed by atoms with Crippen LogP contribution in [-0.2, 0) is 23.3 Å². The number of likely N-dealkylation sites (tertiary alicyclic amines) is 1. The molecule has 4 nitrogen and oxygen atoms in total. The lowest BCUT2D eigenvalue weighted by atomic mass is 9.75. The Morgan fingerprint density at radius 1 is 1.27 bits per heavy atom.